The van der Waals surface area contributed by atoms with E-state index in [1.807, 2.05) is 42.5 Å². The Hall–Kier alpha value is -3.68. The molecule has 0 fully saturated rings. The molecule has 0 heterocycles. The van der Waals surface area contributed by atoms with E-state index in [0.29, 0.717) is 5.69 Å². The summed E-state index contributed by atoms with van der Waals surface area (Å²) < 4.78 is 40.6. The van der Waals surface area contributed by atoms with Crippen molar-refractivity contribution in [2.24, 2.45) is 0 Å². The maximum atomic E-state index is 13.2. The summed E-state index contributed by atoms with van der Waals surface area (Å²) in [6.45, 7) is 0. The van der Waals surface area contributed by atoms with Gasteiger partial charge in [-0.3, -0.25) is 9.10 Å². The van der Waals surface area contributed by atoms with E-state index in [-0.39, 0.29) is 21.2 Å². The molecule has 0 saturated carbocycles. The first kappa shape index (κ1) is 23.5. The molecule has 0 radical (unpaired) electrons. The molecular formula is C26H20ClFN2O3S. The number of para-hydroxylation sites is 1. The van der Waals surface area contributed by atoms with Crippen LogP contribution in [0.4, 0.5) is 15.8 Å². The van der Waals surface area contributed by atoms with Gasteiger partial charge in [0.2, 0.25) is 0 Å². The number of nitrogens with zero attached hydrogens (tertiary/aromatic N) is 1. The molecule has 4 aromatic carbocycles. The summed E-state index contributed by atoms with van der Waals surface area (Å²) in [7, 11) is -2.68. The Labute approximate surface area is 202 Å². The molecule has 0 aliphatic carbocycles. The highest BCUT2D eigenvalue weighted by Gasteiger charge is 2.24. The van der Waals surface area contributed by atoms with Crippen molar-refractivity contribution in [2.75, 3.05) is 16.7 Å². The molecule has 0 unspecified atom stereocenters. The van der Waals surface area contributed by atoms with Gasteiger partial charge in [-0.1, -0.05) is 60.1 Å². The predicted octanol–water partition coefficient (Wildman–Crippen LogP) is 6.22. The summed E-state index contributed by atoms with van der Waals surface area (Å²) in [5.41, 5.74) is 2.58. The minimum Gasteiger partial charge on any atom is -0.321 e. The fourth-order valence-corrected chi connectivity index (χ4v) is 4.86. The molecule has 4 rings (SSSR count). The number of benzene rings is 4. The van der Waals surface area contributed by atoms with Crippen LogP contribution in [0.3, 0.4) is 0 Å². The molecule has 1 N–H and O–H groups in total. The normalized spacial score (nSPS) is 11.1. The van der Waals surface area contributed by atoms with Gasteiger partial charge >= 0.3 is 0 Å². The van der Waals surface area contributed by atoms with Crippen LogP contribution in [0.15, 0.2) is 102 Å². The van der Waals surface area contributed by atoms with Crippen LogP contribution in [0.1, 0.15) is 10.4 Å². The number of hydrogen-bond donors (Lipinski definition) is 1. The molecule has 172 valence electrons. The third-order valence-corrected chi connectivity index (χ3v) is 7.40. The number of sulfonamides is 1. The van der Waals surface area contributed by atoms with E-state index in [1.165, 1.54) is 49.5 Å². The minimum absolute atomic E-state index is 0.0121. The quantitative estimate of drug-likeness (QED) is 0.346. The van der Waals surface area contributed by atoms with Gasteiger partial charge < -0.3 is 5.32 Å². The first-order chi connectivity index (χ1) is 16.3. The standard InChI is InChI=1S/C26H20ClFN2O3S/c1-30(20-13-11-19(28)12-14-20)34(32,33)21-15-16-24(27)23(17-21)26(31)29-25-10-6-5-9-22(25)18-7-3-2-4-8-18/h2-17H,1H3,(H,29,31). The van der Waals surface area contributed by atoms with Gasteiger partial charge in [0.1, 0.15) is 5.82 Å². The zero-order chi connectivity index (χ0) is 24.3. The van der Waals surface area contributed by atoms with Crippen LogP contribution in [-0.4, -0.2) is 21.4 Å². The molecular weight excluding hydrogens is 475 g/mol. The van der Waals surface area contributed by atoms with Gasteiger partial charge in [0, 0.05) is 18.3 Å². The molecule has 8 heteroatoms. The molecule has 4 aromatic rings. The molecule has 0 aliphatic heterocycles. The van der Waals surface area contributed by atoms with Crippen LogP contribution < -0.4 is 9.62 Å². The molecule has 0 aliphatic rings. The second-order valence-electron chi connectivity index (χ2n) is 7.46. The summed E-state index contributed by atoms with van der Waals surface area (Å²) in [5.74, 6) is -1.02. The van der Waals surface area contributed by atoms with Crippen molar-refractivity contribution in [1.29, 1.82) is 0 Å². The summed E-state index contributed by atoms with van der Waals surface area (Å²) in [6.07, 6.45) is 0. The molecule has 5 nitrogen and oxygen atoms in total. The molecule has 34 heavy (non-hydrogen) atoms. The van der Waals surface area contributed by atoms with Crippen LogP contribution in [-0.2, 0) is 10.0 Å². The second-order valence-corrected chi connectivity index (χ2v) is 9.83. The fraction of sp³-hybridized carbons (Fsp3) is 0.0385. The topological polar surface area (TPSA) is 66.5 Å². The number of rotatable bonds is 6. The number of carbonyl (C=O) groups excluding carboxylic acids is 1. The van der Waals surface area contributed by atoms with Crippen molar-refractivity contribution in [2.45, 2.75) is 4.90 Å². The smallest absolute Gasteiger partial charge is 0.264 e. The maximum absolute atomic E-state index is 13.2. The third kappa shape index (κ3) is 4.81. The van der Waals surface area contributed by atoms with Crippen LogP contribution in [0.25, 0.3) is 11.1 Å². The number of halogens is 2. The molecule has 0 saturated heterocycles. The zero-order valence-electron chi connectivity index (χ0n) is 18.1. The van der Waals surface area contributed by atoms with E-state index in [2.05, 4.69) is 5.32 Å². The average Bonchev–Trinajstić information content (AvgIpc) is 2.85. The Morgan fingerprint density at radius 3 is 2.24 bits per heavy atom. The van der Waals surface area contributed by atoms with Gasteiger partial charge in [0.25, 0.3) is 15.9 Å². The summed E-state index contributed by atoms with van der Waals surface area (Å²) >= 11 is 6.27. The van der Waals surface area contributed by atoms with E-state index in [0.717, 1.165) is 15.4 Å². The summed E-state index contributed by atoms with van der Waals surface area (Å²) in [5, 5.41) is 2.95. The molecule has 0 spiro atoms. The third-order valence-electron chi connectivity index (χ3n) is 5.29. The number of carbonyl (C=O) groups is 1. The van der Waals surface area contributed by atoms with E-state index in [1.54, 1.807) is 12.1 Å². The maximum Gasteiger partial charge on any atom is 0.264 e. The van der Waals surface area contributed by atoms with Gasteiger partial charge in [-0.25, -0.2) is 12.8 Å². The molecule has 0 aromatic heterocycles. The monoisotopic (exact) mass is 494 g/mol. The Morgan fingerprint density at radius 2 is 1.53 bits per heavy atom. The highest BCUT2D eigenvalue weighted by Crippen LogP contribution is 2.30. The predicted molar refractivity (Wildman–Crippen MR) is 133 cm³/mol. The van der Waals surface area contributed by atoms with E-state index in [4.69, 9.17) is 11.6 Å². The SMILES string of the molecule is CN(c1ccc(F)cc1)S(=O)(=O)c1ccc(Cl)c(C(=O)Nc2ccccc2-c2ccccc2)c1. The van der Waals surface area contributed by atoms with Gasteiger partial charge in [0.05, 0.1) is 21.2 Å². The van der Waals surface area contributed by atoms with Crippen molar-refractivity contribution < 1.29 is 17.6 Å². The summed E-state index contributed by atoms with van der Waals surface area (Å²) in [4.78, 5) is 13.0. The highest BCUT2D eigenvalue weighted by atomic mass is 35.5. The minimum atomic E-state index is -4.03. The first-order valence-electron chi connectivity index (χ1n) is 10.3. The highest BCUT2D eigenvalue weighted by molar-refractivity contribution is 7.92. The Bertz CT molecular complexity index is 1440. The van der Waals surface area contributed by atoms with Gasteiger partial charge in [-0.05, 0) is 54.1 Å². The van der Waals surface area contributed by atoms with Crippen molar-refractivity contribution >= 4 is 38.9 Å². The number of amides is 1. The molecule has 1 amide bonds. The molecule has 0 bridgehead atoms. The fourth-order valence-electron chi connectivity index (χ4n) is 3.44. The van der Waals surface area contributed by atoms with Crippen molar-refractivity contribution in [3.63, 3.8) is 0 Å². The van der Waals surface area contributed by atoms with Crippen molar-refractivity contribution in [3.8, 4) is 11.1 Å². The average molecular weight is 495 g/mol. The Kier molecular flexibility index (Phi) is 6.68. The number of nitrogens with one attached hydrogen (secondary N) is 1. The lowest BCUT2D eigenvalue weighted by molar-refractivity contribution is 0.102. The lowest BCUT2D eigenvalue weighted by atomic mass is 10.0. The second kappa shape index (κ2) is 9.67. The number of hydrogen-bond acceptors (Lipinski definition) is 3. The van der Waals surface area contributed by atoms with Crippen LogP contribution in [0, 0.1) is 5.82 Å². The van der Waals surface area contributed by atoms with E-state index < -0.39 is 21.7 Å². The Morgan fingerprint density at radius 1 is 0.882 bits per heavy atom. The van der Waals surface area contributed by atoms with Gasteiger partial charge in [0.15, 0.2) is 0 Å². The van der Waals surface area contributed by atoms with Gasteiger partial charge in [-0.15, -0.1) is 0 Å². The van der Waals surface area contributed by atoms with Gasteiger partial charge in [-0.2, -0.15) is 0 Å². The van der Waals surface area contributed by atoms with Crippen LogP contribution in [0.5, 0.6) is 0 Å². The summed E-state index contributed by atoms with van der Waals surface area (Å²) in [6, 6.07) is 25.8. The zero-order valence-corrected chi connectivity index (χ0v) is 19.6. The largest absolute Gasteiger partial charge is 0.321 e. The first-order valence-corrected chi connectivity index (χ1v) is 12.1. The van der Waals surface area contributed by atoms with E-state index >= 15 is 0 Å². The lowest BCUT2D eigenvalue weighted by Gasteiger charge is -2.20. The van der Waals surface area contributed by atoms with Crippen molar-refractivity contribution in [3.05, 3.63) is 113 Å². The van der Waals surface area contributed by atoms with Crippen LogP contribution >= 0.6 is 11.6 Å². The van der Waals surface area contributed by atoms with Crippen LogP contribution in [0.2, 0.25) is 5.02 Å². The lowest BCUT2D eigenvalue weighted by Crippen LogP contribution is -2.27. The molecule has 0 atom stereocenters. The Balaban J connectivity index is 1.66. The van der Waals surface area contributed by atoms with E-state index in [9.17, 15) is 17.6 Å². The van der Waals surface area contributed by atoms with Crippen molar-refractivity contribution in [1.82, 2.24) is 0 Å². The number of anilines is 2.